The first-order chi connectivity index (χ1) is 11.3. The predicted octanol–water partition coefficient (Wildman–Crippen LogP) is 1.70. The first-order valence-corrected chi connectivity index (χ1v) is 8.73. The molecule has 0 saturated heterocycles. The third-order valence-electron chi connectivity index (χ3n) is 3.53. The number of benzene rings is 2. The van der Waals surface area contributed by atoms with E-state index < -0.39 is 10.0 Å². The van der Waals surface area contributed by atoms with Gasteiger partial charge in [-0.3, -0.25) is 9.36 Å². The second-order valence-electron chi connectivity index (χ2n) is 5.02. The number of aromatic nitrogens is 2. The number of aromatic amines is 1. The van der Waals surface area contributed by atoms with Gasteiger partial charge in [0.25, 0.3) is 5.56 Å². The van der Waals surface area contributed by atoms with Gasteiger partial charge in [0.15, 0.2) is 4.77 Å². The van der Waals surface area contributed by atoms with Crippen LogP contribution in [0.4, 0.5) is 0 Å². The van der Waals surface area contributed by atoms with Crippen LogP contribution in [0, 0.1) is 4.77 Å². The lowest BCUT2D eigenvalue weighted by molar-refractivity contribution is 0.415. The summed E-state index contributed by atoms with van der Waals surface area (Å²) < 4.78 is 29.3. The maximum atomic E-state index is 12.8. The molecule has 0 saturated carbocycles. The van der Waals surface area contributed by atoms with Gasteiger partial charge in [-0.05, 0) is 54.7 Å². The standard InChI is InChI=1S/C15H13N3O4S2/c1-22-10-4-7-13-12(8-10)14(19)18(15(23)17-13)9-2-5-11(6-3-9)24(16,20)21/h2-8H,1H3,(H,17,23)(H2,16,20,21). The summed E-state index contributed by atoms with van der Waals surface area (Å²) in [7, 11) is -2.29. The van der Waals surface area contributed by atoms with Crippen molar-refractivity contribution in [3.8, 4) is 11.4 Å². The lowest BCUT2D eigenvalue weighted by Crippen LogP contribution is -2.20. The van der Waals surface area contributed by atoms with E-state index in [0.717, 1.165) is 0 Å². The molecule has 1 heterocycles. The lowest BCUT2D eigenvalue weighted by Gasteiger charge is -2.09. The minimum Gasteiger partial charge on any atom is -0.497 e. The summed E-state index contributed by atoms with van der Waals surface area (Å²) in [5.74, 6) is 0.543. The molecule has 7 nitrogen and oxygen atoms in total. The minimum absolute atomic E-state index is 0.0448. The van der Waals surface area contributed by atoms with Gasteiger partial charge in [0.2, 0.25) is 10.0 Å². The van der Waals surface area contributed by atoms with Crippen LogP contribution in [-0.4, -0.2) is 25.1 Å². The van der Waals surface area contributed by atoms with E-state index in [-0.39, 0.29) is 15.2 Å². The molecule has 0 aliphatic carbocycles. The molecule has 3 aromatic rings. The molecule has 1 aromatic heterocycles. The molecule has 0 spiro atoms. The Labute approximate surface area is 142 Å². The Kier molecular flexibility index (Phi) is 3.99. The van der Waals surface area contributed by atoms with Crippen molar-refractivity contribution in [2.24, 2.45) is 5.14 Å². The van der Waals surface area contributed by atoms with Gasteiger partial charge in [-0.25, -0.2) is 13.6 Å². The maximum absolute atomic E-state index is 12.8. The number of nitrogens with zero attached hydrogens (tertiary/aromatic N) is 1. The van der Waals surface area contributed by atoms with E-state index in [9.17, 15) is 13.2 Å². The number of hydrogen-bond donors (Lipinski definition) is 2. The van der Waals surface area contributed by atoms with Crippen molar-refractivity contribution in [1.29, 1.82) is 0 Å². The Hall–Kier alpha value is -2.49. The van der Waals surface area contributed by atoms with E-state index in [2.05, 4.69) is 4.98 Å². The largest absolute Gasteiger partial charge is 0.497 e. The van der Waals surface area contributed by atoms with E-state index in [1.165, 1.54) is 35.9 Å². The van der Waals surface area contributed by atoms with Crippen molar-refractivity contribution >= 4 is 33.1 Å². The fraction of sp³-hybridized carbons (Fsp3) is 0.0667. The molecule has 2 aromatic carbocycles. The highest BCUT2D eigenvalue weighted by atomic mass is 32.2. The Balaban J connectivity index is 2.26. The van der Waals surface area contributed by atoms with Gasteiger partial charge in [-0.1, -0.05) is 0 Å². The number of H-pyrrole nitrogens is 1. The summed E-state index contributed by atoms with van der Waals surface area (Å²) in [6, 6.07) is 10.6. The average molecular weight is 363 g/mol. The van der Waals surface area contributed by atoms with Crippen LogP contribution in [-0.2, 0) is 10.0 Å². The van der Waals surface area contributed by atoms with E-state index in [0.29, 0.717) is 22.3 Å². The Bertz CT molecular complexity index is 1150. The molecule has 0 unspecified atom stereocenters. The topological polar surface area (TPSA) is 107 Å². The van der Waals surface area contributed by atoms with Gasteiger partial charge in [-0.15, -0.1) is 0 Å². The number of primary sulfonamides is 1. The molecule has 0 amide bonds. The Morgan fingerprint density at radius 1 is 1.17 bits per heavy atom. The van der Waals surface area contributed by atoms with Crippen molar-refractivity contribution in [3.05, 3.63) is 57.6 Å². The van der Waals surface area contributed by atoms with E-state index in [4.69, 9.17) is 22.1 Å². The smallest absolute Gasteiger partial charge is 0.266 e. The second-order valence-corrected chi connectivity index (χ2v) is 6.97. The van der Waals surface area contributed by atoms with Crippen LogP contribution in [0.25, 0.3) is 16.6 Å². The van der Waals surface area contributed by atoms with Gasteiger partial charge < -0.3 is 9.72 Å². The van der Waals surface area contributed by atoms with Gasteiger partial charge in [-0.2, -0.15) is 0 Å². The zero-order valence-corrected chi connectivity index (χ0v) is 14.1. The number of nitrogens with one attached hydrogen (secondary N) is 1. The van der Waals surface area contributed by atoms with Crippen molar-refractivity contribution in [3.63, 3.8) is 0 Å². The van der Waals surface area contributed by atoms with E-state index in [1.807, 2.05) is 0 Å². The number of hydrogen-bond acceptors (Lipinski definition) is 5. The molecule has 0 atom stereocenters. The maximum Gasteiger partial charge on any atom is 0.266 e. The molecule has 24 heavy (non-hydrogen) atoms. The van der Waals surface area contributed by atoms with E-state index >= 15 is 0 Å². The van der Waals surface area contributed by atoms with Crippen LogP contribution in [0.15, 0.2) is 52.2 Å². The van der Waals surface area contributed by atoms with Crippen LogP contribution in [0.5, 0.6) is 5.75 Å². The Morgan fingerprint density at radius 3 is 2.42 bits per heavy atom. The zero-order valence-electron chi connectivity index (χ0n) is 12.5. The van der Waals surface area contributed by atoms with Crippen LogP contribution in [0.3, 0.4) is 0 Å². The fourth-order valence-electron chi connectivity index (χ4n) is 2.34. The third kappa shape index (κ3) is 2.84. The fourth-order valence-corrected chi connectivity index (χ4v) is 3.15. The number of nitrogens with two attached hydrogens (primary N) is 1. The minimum atomic E-state index is -3.80. The van der Waals surface area contributed by atoms with Gasteiger partial charge in [0, 0.05) is 0 Å². The number of rotatable bonds is 3. The van der Waals surface area contributed by atoms with Crippen LogP contribution in [0.1, 0.15) is 0 Å². The summed E-state index contributed by atoms with van der Waals surface area (Å²) in [4.78, 5) is 15.7. The average Bonchev–Trinajstić information content (AvgIpc) is 2.54. The number of ether oxygens (including phenoxy) is 1. The molecule has 0 fully saturated rings. The highest BCUT2D eigenvalue weighted by Gasteiger charge is 2.11. The molecular formula is C15H13N3O4S2. The number of fused-ring (bicyclic) bond motifs is 1. The molecular weight excluding hydrogens is 350 g/mol. The number of sulfonamides is 1. The molecule has 9 heteroatoms. The molecule has 0 aliphatic rings. The predicted molar refractivity (Wildman–Crippen MR) is 92.7 cm³/mol. The zero-order chi connectivity index (χ0) is 17.5. The third-order valence-corrected chi connectivity index (χ3v) is 4.74. The quantitative estimate of drug-likeness (QED) is 0.689. The van der Waals surface area contributed by atoms with Crippen LogP contribution in [0.2, 0.25) is 0 Å². The molecule has 124 valence electrons. The molecule has 3 rings (SSSR count). The normalized spacial score (nSPS) is 11.6. The Morgan fingerprint density at radius 2 is 1.83 bits per heavy atom. The summed E-state index contributed by atoms with van der Waals surface area (Å²) in [5, 5.41) is 5.48. The molecule has 0 radical (unpaired) electrons. The van der Waals surface area contributed by atoms with Crippen LogP contribution >= 0.6 is 12.2 Å². The van der Waals surface area contributed by atoms with Crippen LogP contribution < -0.4 is 15.4 Å². The first kappa shape index (κ1) is 16.4. The SMILES string of the molecule is COc1ccc2[nH]c(=S)n(-c3ccc(S(N)(=O)=O)cc3)c(=O)c2c1. The summed E-state index contributed by atoms with van der Waals surface area (Å²) >= 11 is 5.25. The van der Waals surface area contributed by atoms with Gasteiger partial charge in [0.05, 0.1) is 28.6 Å². The van der Waals surface area contributed by atoms with E-state index in [1.54, 1.807) is 18.2 Å². The highest BCUT2D eigenvalue weighted by molar-refractivity contribution is 7.89. The van der Waals surface area contributed by atoms with Crippen molar-refractivity contribution in [1.82, 2.24) is 9.55 Å². The van der Waals surface area contributed by atoms with Gasteiger partial charge in [0.1, 0.15) is 5.75 Å². The van der Waals surface area contributed by atoms with Crippen molar-refractivity contribution in [2.45, 2.75) is 4.90 Å². The summed E-state index contributed by atoms with van der Waals surface area (Å²) in [6.45, 7) is 0. The number of methoxy groups -OCH3 is 1. The van der Waals surface area contributed by atoms with Crippen molar-refractivity contribution in [2.75, 3.05) is 7.11 Å². The highest BCUT2D eigenvalue weighted by Crippen LogP contribution is 2.18. The lowest BCUT2D eigenvalue weighted by atomic mass is 10.2. The molecule has 0 bridgehead atoms. The molecule has 3 N–H and O–H groups in total. The monoisotopic (exact) mass is 363 g/mol. The first-order valence-electron chi connectivity index (χ1n) is 6.77. The summed E-state index contributed by atoms with van der Waals surface area (Å²) in [6.07, 6.45) is 0. The van der Waals surface area contributed by atoms with Gasteiger partial charge >= 0.3 is 0 Å². The summed E-state index contributed by atoms with van der Waals surface area (Å²) in [5.41, 5.74) is 0.678. The van der Waals surface area contributed by atoms with Crippen molar-refractivity contribution < 1.29 is 13.2 Å². The second kappa shape index (κ2) is 5.86. The molecule has 0 aliphatic heterocycles.